The standard InChI is InChI=1S/C7H15ClN4O2S2/c8-1-4-12(11-14)7(13)10-3-6-16-15-5-2-9/h1-6,9H2,(H,10,13). The molecule has 0 aliphatic heterocycles. The van der Waals surface area contributed by atoms with Gasteiger partial charge in [-0.2, -0.15) is 5.01 Å². The molecule has 0 saturated carbocycles. The first-order valence-corrected chi connectivity index (χ1v) is 7.67. The van der Waals surface area contributed by atoms with Crippen molar-refractivity contribution < 1.29 is 4.79 Å². The summed E-state index contributed by atoms with van der Waals surface area (Å²) in [5.41, 5.74) is 5.31. The molecular weight excluding hydrogens is 272 g/mol. The number of nitrogens with one attached hydrogen (secondary N) is 1. The lowest BCUT2D eigenvalue weighted by atomic mass is 10.6. The zero-order chi connectivity index (χ0) is 12.2. The lowest BCUT2D eigenvalue weighted by molar-refractivity contribution is 0.203. The van der Waals surface area contributed by atoms with Crippen LogP contribution in [0.3, 0.4) is 0 Å². The first-order chi connectivity index (χ1) is 7.76. The van der Waals surface area contributed by atoms with Crippen LogP contribution in [0.2, 0.25) is 0 Å². The molecule has 0 bridgehead atoms. The molecule has 16 heavy (non-hydrogen) atoms. The molecule has 3 N–H and O–H groups in total. The summed E-state index contributed by atoms with van der Waals surface area (Å²) in [6.45, 7) is 1.24. The van der Waals surface area contributed by atoms with Crippen LogP contribution in [0.25, 0.3) is 0 Å². The van der Waals surface area contributed by atoms with Gasteiger partial charge in [0.15, 0.2) is 0 Å². The molecule has 94 valence electrons. The molecule has 2 amide bonds. The van der Waals surface area contributed by atoms with Gasteiger partial charge in [-0.25, -0.2) is 4.79 Å². The summed E-state index contributed by atoms with van der Waals surface area (Å²) < 4.78 is 0. The maximum atomic E-state index is 11.3. The van der Waals surface area contributed by atoms with E-state index in [4.69, 9.17) is 17.3 Å². The first kappa shape index (κ1) is 15.8. The molecule has 0 aromatic carbocycles. The van der Waals surface area contributed by atoms with Crippen molar-refractivity contribution in [3.8, 4) is 0 Å². The fraction of sp³-hybridized carbons (Fsp3) is 0.857. The van der Waals surface area contributed by atoms with Gasteiger partial charge in [0, 0.05) is 30.5 Å². The number of nitrogens with zero attached hydrogens (tertiary/aromatic N) is 2. The van der Waals surface area contributed by atoms with E-state index in [0.717, 1.165) is 16.5 Å². The summed E-state index contributed by atoms with van der Waals surface area (Å²) in [6.07, 6.45) is 0. The maximum Gasteiger partial charge on any atom is 0.340 e. The molecule has 0 aliphatic carbocycles. The molecule has 0 rings (SSSR count). The van der Waals surface area contributed by atoms with Crippen LogP contribution in [0.15, 0.2) is 5.29 Å². The van der Waals surface area contributed by atoms with Crippen molar-refractivity contribution >= 4 is 39.2 Å². The van der Waals surface area contributed by atoms with Crippen LogP contribution in [-0.2, 0) is 0 Å². The van der Waals surface area contributed by atoms with E-state index in [1.807, 2.05) is 0 Å². The van der Waals surface area contributed by atoms with Crippen LogP contribution in [0, 0.1) is 4.91 Å². The fourth-order valence-corrected chi connectivity index (χ4v) is 2.64. The predicted octanol–water partition coefficient (Wildman–Crippen LogP) is 1.26. The third-order valence-corrected chi connectivity index (χ3v) is 3.98. The van der Waals surface area contributed by atoms with Gasteiger partial charge in [0.1, 0.15) is 0 Å². The summed E-state index contributed by atoms with van der Waals surface area (Å²) in [6, 6.07) is -0.514. The number of amides is 2. The SMILES string of the molecule is NCCSSCCNC(=O)N(CCCl)N=O. The van der Waals surface area contributed by atoms with E-state index >= 15 is 0 Å². The van der Waals surface area contributed by atoms with Crippen LogP contribution in [0.5, 0.6) is 0 Å². The van der Waals surface area contributed by atoms with Crippen molar-refractivity contribution in [2.45, 2.75) is 0 Å². The van der Waals surface area contributed by atoms with E-state index in [9.17, 15) is 9.70 Å². The summed E-state index contributed by atoms with van der Waals surface area (Å²) in [5, 5.41) is 5.90. The molecule has 0 heterocycles. The number of alkyl halides is 1. The topological polar surface area (TPSA) is 87.8 Å². The summed E-state index contributed by atoms with van der Waals surface area (Å²) in [5.74, 6) is 1.82. The van der Waals surface area contributed by atoms with Crippen molar-refractivity contribution in [1.29, 1.82) is 0 Å². The predicted molar refractivity (Wildman–Crippen MR) is 70.6 cm³/mol. The van der Waals surface area contributed by atoms with Crippen molar-refractivity contribution in [2.75, 3.05) is 37.0 Å². The maximum absolute atomic E-state index is 11.3. The number of halogens is 1. The lowest BCUT2D eigenvalue weighted by Gasteiger charge is -2.12. The zero-order valence-corrected chi connectivity index (χ0v) is 11.1. The van der Waals surface area contributed by atoms with E-state index in [0.29, 0.717) is 13.1 Å². The van der Waals surface area contributed by atoms with Gasteiger partial charge >= 0.3 is 6.03 Å². The normalized spacial score (nSPS) is 9.88. The van der Waals surface area contributed by atoms with Gasteiger partial charge in [0.25, 0.3) is 0 Å². The highest BCUT2D eigenvalue weighted by Crippen LogP contribution is 2.18. The Bertz CT molecular complexity index is 211. The van der Waals surface area contributed by atoms with E-state index in [1.54, 1.807) is 21.6 Å². The van der Waals surface area contributed by atoms with E-state index in [2.05, 4.69) is 10.6 Å². The summed E-state index contributed by atoms with van der Waals surface area (Å²) in [7, 11) is 3.27. The number of carbonyl (C=O) groups is 1. The summed E-state index contributed by atoms with van der Waals surface area (Å²) >= 11 is 5.40. The molecule has 0 radical (unpaired) electrons. The molecule has 0 atom stereocenters. The van der Waals surface area contributed by atoms with Crippen molar-refractivity contribution in [3.05, 3.63) is 4.91 Å². The Morgan fingerprint density at radius 1 is 1.44 bits per heavy atom. The van der Waals surface area contributed by atoms with E-state index in [1.165, 1.54) is 0 Å². The lowest BCUT2D eigenvalue weighted by Crippen LogP contribution is -2.38. The zero-order valence-electron chi connectivity index (χ0n) is 8.73. The van der Waals surface area contributed by atoms with E-state index < -0.39 is 6.03 Å². The molecule has 0 aromatic rings. The molecule has 0 saturated heterocycles. The second-order valence-electron chi connectivity index (χ2n) is 2.56. The molecule has 9 heteroatoms. The number of urea groups is 1. The Morgan fingerprint density at radius 2 is 2.12 bits per heavy atom. The number of nitroso groups, excluding NO2 is 1. The van der Waals surface area contributed by atoms with Crippen LogP contribution < -0.4 is 11.1 Å². The highest BCUT2D eigenvalue weighted by atomic mass is 35.5. The molecule has 0 aliphatic rings. The van der Waals surface area contributed by atoms with Crippen molar-refractivity contribution in [3.63, 3.8) is 0 Å². The van der Waals surface area contributed by atoms with Gasteiger partial charge < -0.3 is 11.1 Å². The minimum Gasteiger partial charge on any atom is -0.336 e. The van der Waals surface area contributed by atoms with Gasteiger partial charge in [0.2, 0.25) is 0 Å². The Labute approximate surface area is 107 Å². The number of carbonyl (C=O) groups excluding carboxylic acids is 1. The number of hydrogen-bond acceptors (Lipinski definition) is 6. The van der Waals surface area contributed by atoms with Gasteiger partial charge in [0.05, 0.1) is 11.8 Å². The number of nitrogens with two attached hydrogens (primary N) is 1. The third kappa shape index (κ3) is 8.03. The van der Waals surface area contributed by atoms with Gasteiger partial charge in [-0.1, -0.05) is 21.6 Å². The Hall–Kier alpha value is -0.180. The Balaban J connectivity index is 3.51. The fourth-order valence-electron chi connectivity index (χ4n) is 0.716. The quantitative estimate of drug-likeness (QED) is 0.219. The van der Waals surface area contributed by atoms with Gasteiger partial charge in [-0.3, -0.25) is 0 Å². The molecule has 0 fully saturated rings. The minimum atomic E-state index is -0.514. The highest BCUT2D eigenvalue weighted by Gasteiger charge is 2.11. The van der Waals surface area contributed by atoms with Crippen LogP contribution >= 0.6 is 33.2 Å². The van der Waals surface area contributed by atoms with Gasteiger partial charge in [-0.15, -0.1) is 16.5 Å². The average molecular weight is 287 g/mol. The highest BCUT2D eigenvalue weighted by molar-refractivity contribution is 8.76. The van der Waals surface area contributed by atoms with Gasteiger partial charge in [-0.05, 0) is 0 Å². The third-order valence-electron chi connectivity index (χ3n) is 1.38. The van der Waals surface area contributed by atoms with Crippen LogP contribution in [-0.4, -0.2) is 48.1 Å². The van der Waals surface area contributed by atoms with Crippen molar-refractivity contribution in [1.82, 2.24) is 10.3 Å². The number of rotatable bonds is 9. The average Bonchev–Trinajstić information content (AvgIpc) is 2.30. The second kappa shape index (κ2) is 11.3. The minimum absolute atomic E-state index is 0.117. The Morgan fingerprint density at radius 3 is 2.69 bits per heavy atom. The summed E-state index contributed by atoms with van der Waals surface area (Å²) in [4.78, 5) is 21.5. The molecule has 6 nitrogen and oxygen atoms in total. The monoisotopic (exact) mass is 286 g/mol. The smallest absolute Gasteiger partial charge is 0.336 e. The second-order valence-corrected chi connectivity index (χ2v) is 5.64. The Kier molecular flexibility index (Phi) is 11.2. The molecule has 0 aromatic heterocycles. The van der Waals surface area contributed by atoms with E-state index in [-0.39, 0.29) is 12.4 Å². The number of hydrogen-bond donors (Lipinski definition) is 2. The molecule has 0 unspecified atom stereocenters. The van der Waals surface area contributed by atoms with Crippen LogP contribution in [0.1, 0.15) is 0 Å². The molecular formula is C7H15ClN4O2S2. The molecule has 0 spiro atoms. The largest absolute Gasteiger partial charge is 0.340 e. The van der Waals surface area contributed by atoms with Crippen molar-refractivity contribution in [2.24, 2.45) is 11.0 Å². The first-order valence-electron chi connectivity index (χ1n) is 4.65. The van der Waals surface area contributed by atoms with Crippen LogP contribution in [0.4, 0.5) is 4.79 Å².